The van der Waals surface area contributed by atoms with Gasteiger partial charge < -0.3 is 5.32 Å². The van der Waals surface area contributed by atoms with Crippen LogP contribution in [-0.4, -0.2) is 12.7 Å². The predicted molar refractivity (Wildman–Crippen MR) is 60.8 cm³/mol. The number of hydrogen-bond acceptors (Lipinski definition) is 1. The zero-order valence-electron chi connectivity index (χ0n) is 9.56. The maximum absolute atomic E-state index is 11.9. The zero-order valence-corrected chi connectivity index (χ0v) is 9.56. The van der Waals surface area contributed by atoms with Crippen LogP contribution in [0.3, 0.4) is 0 Å². The molecule has 0 heterocycles. The molecule has 0 saturated heterocycles. The minimum atomic E-state index is -4.07. The lowest BCUT2D eigenvalue weighted by atomic mass is 10.1. The molecule has 1 aliphatic carbocycles. The van der Waals surface area contributed by atoms with Crippen LogP contribution in [0.15, 0.2) is 24.3 Å². The maximum atomic E-state index is 11.9. The van der Waals surface area contributed by atoms with Crippen molar-refractivity contribution in [3.05, 3.63) is 35.4 Å². The van der Waals surface area contributed by atoms with E-state index in [-0.39, 0.29) is 6.54 Å². The third-order valence-electron chi connectivity index (χ3n) is 2.94. The molecule has 0 amide bonds. The van der Waals surface area contributed by atoms with Crippen molar-refractivity contribution < 1.29 is 13.2 Å². The molecule has 0 unspecified atom stereocenters. The lowest BCUT2D eigenvalue weighted by Crippen LogP contribution is -2.21. The first-order valence-corrected chi connectivity index (χ1v) is 5.91. The SMILES string of the molecule is FC(F)(F)CCNCc1ccc(C2CC2)cc1. The zero-order chi connectivity index (χ0) is 12.3. The third kappa shape index (κ3) is 4.38. The summed E-state index contributed by atoms with van der Waals surface area (Å²) < 4.78 is 35.7. The highest BCUT2D eigenvalue weighted by Gasteiger charge is 2.26. The summed E-state index contributed by atoms with van der Waals surface area (Å²) in [4.78, 5) is 0. The predicted octanol–water partition coefficient (Wildman–Crippen LogP) is 3.61. The summed E-state index contributed by atoms with van der Waals surface area (Å²) in [5, 5.41) is 2.80. The Hall–Kier alpha value is -1.03. The van der Waals surface area contributed by atoms with Crippen molar-refractivity contribution in [3.63, 3.8) is 0 Å². The van der Waals surface area contributed by atoms with Crippen LogP contribution in [0.5, 0.6) is 0 Å². The first-order valence-electron chi connectivity index (χ1n) is 5.91. The molecule has 1 aromatic rings. The van der Waals surface area contributed by atoms with E-state index in [0.29, 0.717) is 6.54 Å². The quantitative estimate of drug-likeness (QED) is 0.779. The van der Waals surface area contributed by atoms with E-state index in [9.17, 15) is 13.2 Å². The lowest BCUT2D eigenvalue weighted by molar-refractivity contribution is -0.133. The van der Waals surface area contributed by atoms with E-state index >= 15 is 0 Å². The first kappa shape index (κ1) is 12.4. The van der Waals surface area contributed by atoms with Gasteiger partial charge in [0, 0.05) is 13.1 Å². The number of hydrogen-bond donors (Lipinski definition) is 1. The number of halogens is 3. The second-order valence-corrected chi connectivity index (χ2v) is 4.56. The molecule has 1 saturated carbocycles. The fourth-order valence-electron chi connectivity index (χ4n) is 1.79. The summed E-state index contributed by atoms with van der Waals surface area (Å²) >= 11 is 0. The molecule has 0 aromatic heterocycles. The Morgan fingerprint density at radius 2 is 1.76 bits per heavy atom. The smallest absolute Gasteiger partial charge is 0.312 e. The average molecular weight is 243 g/mol. The maximum Gasteiger partial charge on any atom is 0.390 e. The molecule has 2 rings (SSSR count). The summed E-state index contributed by atoms with van der Waals surface area (Å²) in [7, 11) is 0. The third-order valence-corrected chi connectivity index (χ3v) is 2.94. The molecule has 4 heteroatoms. The standard InChI is InChI=1S/C13H16F3N/c14-13(15,16)7-8-17-9-10-1-3-11(4-2-10)12-5-6-12/h1-4,12,17H,5-9H2. The van der Waals surface area contributed by atoms with Crippen molar-refractivity contribution in [3.8, 4) is 0 Å². The molecule has 1 fully saturated rings. The largest absolute Gasteiger partial charge is 0.390 e. The molecular weight excluding hydrogens is 227 g/mol. The molecule has 1 aromatic carbocycles. The number of benzene rings is 1. The second-order valence-electron chi connectivity index (χ2n) is 4.56. The van der Waals surface area contributed by atoms with Crippen LogP contribution in [0.25, 0.3) is 0 Å². The van der Waals surface area contributed by atoms with Gasteiger partial charge in [0.2, 0.25) is 0 Å². The highest BCUT2D eigenvalue weighted by molar-refractivity contribution is 5.27. The Kier molecular flexibility index (Phi) is 3.72. The van der Waals surface area contributed by atoms with E-state index in [2.05, 4.69) is 17.4 Å². The van der Waals surface area contributed by atoms with Gasteiger partial charge in [0.1, 0.15) is 0 Å². The van der Waals surface area contributed by atoms with Gasteiger partial charge in [-0.05, 0) is 29.9 Å². The Morgan fingerprint density at radius 3 is 2.29 bits per heavy atom. The number of nitrogens with one attached hydrogen (secondary N) is 1. The molecule has 0 radical (unpaired) electrons. The molecule has 1 N–H and O–H groups in total. The van der Waals surface area contributed by atoms with Crippen LogP contribution >= 0.6 is 0 Å². The highest BCUT2D eigenvalue weighted by Crippen LogP contribution is 2.39. The number of rotatable bonds is 5. The van der Waals surface area contributed by atoms with Crippen molar-refractivity contribution in [2.45, 2.75) is 37.9 Å². The average Bonchev–Trinajstić information content (AvgIpc) is 3.08. The van der Waals surface area contributed by atoms with Crippen LogP contribution < -0.4 is 5.32 Å². The summed E-state index contributed by atoms with van der Waals surface area (Å²) in [5.74, 6) is 0.724. The van der Waals surface area contributed by atoms with Gasteiger partial charge >= 0.3 is 6.18 Å². The molecular formula is C13H16F3N. The minimum absolute atomic E-state index is 0.0200. The van der Waals surface area contributed by atoms with E-state index < -0.39 is 12.6 Å². The van der Waals surface area contributed by atoms with Crippen molar-refractivity contribution in [1.82, 2.24) is 5.32 Å². The molecule has 1 nitrogen and oxygen atoms in total. The normalized spacial score (nSPS) is 16.2. The first-order chi connectivity index (χ1) is 8.04. The minimum Gasteiger partial charge on any atom is -0.312 e. The molecule has 0 bridgehead atoms. The van der Waals surface area contributed by atoms with Crippen LogP contribution in [0.1, 0.15) is 36.3 Å². The Balaban J connectivity index is 1.71. The van der Waals surface area contributed by atoms with Crippen LogP contribution in [0.2, 0.25) is 0 Å². The summed E-state index contributed by atoms with van der Waals surface area (Å²) in [6, 6.07) is 8.15. The van der Waals surface area contributed by atoms with Crippen molar-refractivity contribution >= 4 is 0 Å². The Labute approximate surface area is 99.0 Å². The van der Waals surface area contributed by atoms with Gasteiger partial charge in [0.05, 0.1) is 6.42 Å². The van der Waals surface area contributed by atoms with Gasteiger partial charge in [0.25, 0.3) is 0 Å². The van der Waals surface area contributed by atoms with E-state index in [1.165, 1.54) is 18.4 Å². The van der Waals surface area contributed by atoms with E-state index in [0.717, 1.165) is 11.5 Å². The van der Waals surface area contributed by atoms with E-state index in [4.69, 9.17) is 0 Å². The second kappa shape index (κ2) is 5.08. The molecule has 0 atom stereocenters. The van der Waals surface area contributed by atoms with Gasteiger partial charge in [-0.1, -0.05) is 24.3 Å². The Bertz CT molecular complexity index is 352. The van der Waals surface area contributed by atoms with Gasteiger partial charge in [-0.2, -0.15) is 13.2 Å². The number of alkyl halides is 3. The van der Waals surface area contributed by atoms with Gasteiger partial charge in [0.15, 0.2) is 0 Å². The van der Waals surface area contributed by atoms with Crippen molar-refractivity contribution in [1.29, 1.82) is 0 Å². The summed E-state index contributed by atoms with van der Waals surface area (Å²) in [6.45, 7) is 0.481. The Morgan fingerprint density at radius 1 is 1.12 bits per heavy atom. The fourth-order valence-corrected chi connectivity index (χ4v) is 1.79. The van der Waals surface area contributed by atoms with Crippen LogP contribution in [0.4, 0.5) is 13.2 Å². The molecule has 17 heavy (non-hydrogen) atoms. The topological polar surface area (TPSA) is 12.0 Å². The monoisotopic (exact) mass is 243 g/mol. The lowest BCUT2D eigenvalue weighted by Gasteiger charge is -2.08. The summed E-state index contributed by atoms with van der Waals surface area (Å²) in [5.41, 5.74) is 2.39. The molecule has 94 valence electrons. The molecule has 0 aliphatic heterocycles. The fraction of sp³-hybridized carbons (Fsp3) is 0.538. The van der Waals surface area contributed by atoms with E-state index in [1.54, 1.807) is 0 Å². The molecule has 0 spiro atoms. The molecule has 1 aliphatic rings. The van der Waals surface area contributed by atoms with Crippen molar-refractivity contribution in [2.24, 2.45) is 0 Å². The van der Waals surface area contributed by atoms with Gasteiger partial charge in [-0.15, -0.1) is 0 Å². The van der Waals surface area contributed by atoms with Crippen molar-refractivity contribution in [2.75, 3.05) is 6.54 Å². The summed E-state index contributed by atoms with van der Waals surface area (Å²) in [6.07, 6.45) is -2.30. The van der Waals surface area contributed by atoms with Gasteiger partial charge in [-0.3, -0.25) is 0 Å². The van der Waals surface area contributed by atoms with Gasteiger partial charge in [-0.25, -0.2) is 0 Å². The van der Waals surface area contributed by atoms with E-state index in [1.807, 2.05) is 12.1 Å². The highest BCUT2D eigenvalue weighted by atomic mass is 19.4. The van der Waals surface area contributed by atoms with Crippen LogP contribution in [0, 0.1) is 0 Å². The van der Waals surface area contributed by atoms with Crippen LogP contribution in [-0.2, 0) is 6.54 Å².